The lowest BCUT2D eigenvalue weighted by Crippen LogP contribution is -2.48. The number of rotatable bonds is 3. The van der Waals surface area contributed by atoms with E-state index in [9.17, 15) is 9.90 Å². The van der Waals surface area contributed by atoms with Gasteiger partial charge in [-0.1, -0.05) is 30.3 Å². The Hall–Kier alpha value is -1.39. The third kappa shape index (κ3) is 2.65. The van der Waals surface area contributed by atoms with E-state index in [1.54, 1.807) is 0 Å². The molecule has 2 aliphatic heterocycles. The number of hydrogen-bond donors (Lipinski definition) is 2. The number of aliphatic carboxylic acids is 1. The minimum Gasteiger partial charge on any atom is -0.481 e. The minimum atomic E-state index is -0.642. The lowest BCUT2D eigenvalue weighted by Gasteiger charge is -2.38. The lowest BCUT2D eigenvalue weighted by molar-refractivity contribution is -0.146. The number of benzene rings is 1. The van der Waals surface area contributed by atoms with E-state index in [0.717, 1.165) is 26.2 Å². The summed E-state index contributed by atoms with van der Waals surface area (Å²) in [5, 5.41) is 12.8. The molecule has 0 saturated carbocycles. The minimum absolute atomic E-state index is 0.225. The Kier molecular flexibility index (Phi) is 3.53. The predicted molar refractivity (Wildman–Crippen MR) is 72.7 cm³/mol. The number of hydrogen-bond acceptors (Lipinski definition) is 3. The van der Waals surface area contributed by atoms with Crippen molar-refractivity contribution in [3.63, 3.8) is 0 Å². The molecular formula is C15H20N2O2. The number of nitrogens with one attached hydrogen (secondary N) is 1. The Balaban J connectivity index is 1.71. The summed E-state index contributed by atoms with van der Waals surface area (Å²) in [6.45, 7) is 4.36. The van der Waals surface area contributed by atoms with Gasteiger partial charge in [-0.3, -0.25) is 9.69 Å². The molecule has 2 saturated heterocycles. The first-order valence-electron chi connectivity index (χ1n) is 6.94. The van der Waals surface area contributed by atoms with Crippen LogP contribution in [0.2, 0.25) is 0 Å². The van der Waals surface area contributed by atoms with E-state index in [-0.39, 0.29) is 5.92 Å². The fraction of sp³-hybridized carbons (Fsp3) is 0.533. The van der Waals surface area contributed by atoms with E-state index in [0.29, 0.717) is 18.4 Å². The highest BCUT2D eigenvalue weighted by Crippen LogP contribution is 2.32. The summed E-state index contributed by atoms with van der Waals surface area (Å²) in [6, 6.07) is 10.3. The molecule has 1 aromatic rings. The smallest absolute Gasteiger partial charge is 0.308 e. The van der Waals surface area contributed by atoms with Gasteiger partial charge in [0.05, 0.1) is 5.92 Å². The highest BCUT2D eigenvalue weighted by molar-refractivity contribution is 5.71. The van der Waals surface area contributed by atoms with Gasteiger partial charge in [-0.25, -0.2) is 0 Å². The van der Waals surface area contributed by atoms with E-state index >= 15 is 0 Å². The highest BCUT2D eigenvalue weighted by atomic mass is 16.4. The molecule has 4 nitrogen and oxygen atoms in total. The molecule has 1 aromatic carbocycles. The van der Waals surface area contributed by atoms with E-state index in [4.69, 9.17) is 0 Å². The maximum atomic E-state index is 11.4. The maximum absolute atomic E-state index is 11.4. The molecule has 0 radical (unpaired) electrons. The third-order valence-corrected chi connectivity index (χ3v) is 4.42. The van der Waals surface area contributed by atoms with Crippen molar-refractivity contribution in [2.45, 2.75) is 6.54 Å². The first-order valence-corrected chi connectivity index (χ1v) is 6.94. The van der Waals surface area contributed by atoms with Crippen LogP contribution in [0.15, 0.2) is 30.3 Å². The van der Waals surface area contributed by atoms with Crippen molar-refractivity contribution in [3.05, 3.63) is 35.9 Å². The second kappa shape index (κ2) is 5.31. The molecular weight excluding hydrogens is 240 g/mol. The normalized spacial score (nSPS) is 31.1. The van der Waals surface area contributed by atoms with Gasteiger partial charge in [0, 0.05) is 19.6 Å². The van der Waals surface area contributed by atoms with Crippen LogP contribution in [0.5, 0.6) is 0 Å². The number of carboxylic acids is 1. The molecule has 2 heterocycles. The molecule has 0 aromatic heterocycles. The predicted octanol–water partition coefficient (Wildman–Crippen LogP) is 1.04. The van der Waals surface area contributed by atoms with Gasteiger partial charge in [0.15, 0.2) is 0 Å². The Morgan fingerprint density at radius 1 is 1.26 bits per heavy atom. The van der Waals surface area contributed by atoms with Crippen molar-refractivity contribution in [1.82, 2.24) is 10.2 Å². The standard InChI is InChI=1S/C15H20N2O2/c18-15(19)14-10-17(8-11-4-2-1-3-5-11)9-12-6-16-7-13(12)14/h1-5,12-14,16H,6-10H2,(H,18,19). The van der Waals surface area contributed by atoms with Crippen molar-refractivity contribution in [1.29, 1.82) is 0 Å². The number of carboxylic acid groups (broad SMARTS) is 1. The van der Waals surface area contributed by atoms with Gasteiger partial charge < -0.3 is 10.4 Å². The summed E-state index contributed by atoms with van der Waals surface area (Å²) < 4.78 is 0. The van der Waals surface area contributed by atoms with E-state index in [1.165, 1.54) is 5.56 Å². The average molecular weight is 260 g/mol. The summed E-state index contributed by atoms with van der Waals surface area (Å²) in [4.78, 5) is 13.7. The van der Waals surface area contributed by atoms with Crippen LogP contribution in [0, 0.1) is 17.8 Å². The van der Waals surface area contributed by atoms with Crippen LogP contribution in [0.25, 0.3) is 0 Å². The number of likely N-dealkylation sites (tertiary alicyclic amines) is 1. The van der Waals surface area contributed by atoms with Gasteiger partial charge in [-0.2, -0.15) is 0 Å². The van der Waals surface area contributed by atoms with Crippen molar-refractivity contribution in [2.24, 2.45) is 17.8 Å². The third-order valence-electron chi connectivity index (χ3n) is 4.42. The van der Waals surface area contributed by atoms with Crippen molar-refractivity contribution in [3.8, 4) is 0 Å². The van der Waals surface area contributed by atoms with Crippen LogP contribution in [-0.2, 0) is 11.3 Å². The molecule has 3 atom stereocenters. The molecule has 2 aliphatic rings. The number of piperidine rings is 1. The molecule has 0 aliphatic carbocycles. The molecule has 0 spiro atoms. The van der Waals surface area contributed by atoms with Gasteiger partial charge in [-0.05, 0) is 30.5 Å². The average Bonchev–Trinajstić information content (AvgIpc) is 2.87. The van der Waals surface area contributed by atoms with Crippen molar-refractivity contribution >= 4 is 5.97 Å². The Morgan fingerprint density at radius 2 is 2.05 bits per heavy atom. The molecule has 19 heavy (non-hydrogen) atoms. The number of fused-ring (bicyclic) bond motifs is 1. The lowest BCUT2D eigenvalue weighted by atomic mass is 9.80. The van der Waals surface area contributed by atoms with E-state index in [1.807, 2.05) is 18.2 Å². The highest BCUT2D eigenvalue weighted by Gasteiger charge is 2.42. The van der Waals surface area contributed by atoms with E-state index < -0.39 is 5.97 Å². The molecule has 0 amide bonds. The summed E-state index contributed by atoms with van der Waals surface area (Å²) >= 11 is 0. The molecule has 4 heteroatoms. The molecule has 3 rings (SSSR count). The molecule has 3 unspecified atom stereocenters. The summed E-state index contributed by atoms with van der Waals surface area (Å²) in [5.41, 5.74) is 1.26. The van der Waals surface area contributed by atoms with Crippen LogP contribution in [0.1, 0.15) is 5.56 Å². The van der Waals surface area contributed by atoms with Gasteiger partial charge in [0.25, 0.3) is 0 Å². The van der Waals surface area contributed by atoms with Gasteiger partial charge in [0.2, 0.25) is 0 Å². The summed E-state index contributed by atoms with van der Waals surface area (Å²) in [6.07, 6.45) is 0. The van der Waals surface area contributed by atoms with Crippen molar-refractivity contribution in [2.75, 3.05) is 26.2 Å². The van der Waals surface area contributed by atoms with Crippen LogP contribution < -0.4 is 5.32 Å². The maximum Gasteiger partial charge on any atom is 0.308 e. The van der Waals surface area contributed by atoms with Crippen LogP contribution >= 0.6 is 0 Å². The van der Waals surface area contributed by atoms with Gasteiger partial charge >= 0.3 is 5.97 Å². The fourth-order valence-corrected chi connectivity index (χ4v) is 3.48. The molecule has 102 valence electrons. The molecule has 2 N–H and O–H groups in total. The zero-order chi connectivity index (χ0) is 13.2. The Bertz CT molecular complexity index is 449. The van der Waals surface area contributed by atoms with E-state index in [2.05, 4.69) is 22.3 Å². The Morgan fingerprint density at radius 3 is 2.79 bits per heavy atom. The fourth-order valence-electron chi connectivity index (χ4n) is 3.48. The SMILES string of the molecule is O=C(O)C1CN(Cc2ccccc2)CC2CNCC21. The second-order valence-electron chi connectivity index (χ2n) is 5.71. The summed E-state index contributed by atoms with van der Waals surface area (Å²) in [5.74, 6) is -0.0722. The first-order chi connectivity index (χ1) is 9.24. The number of nitrogens with zero attached hydrogens (tertiary/aromatic N) is 1. The monoisotopic (exact) mass is 260 g/mol. The zero-order valence-electron chi connectivity index (χ0n) is 11.0. The Labute approximate surface area is 113 Å². The van der Waals surface area contributed by atoms with Crippen molar-refractivity contribution < 1.29 is 9.90 Å². The first kappa shape index (κ1) is 12.6. The largest absolute Gasteiger partial charge is 0.481 e. The molecule has 0 bridgehead atoms. The van der Waals surface area contributed by atoms with Gasteiger partial charge in [-0.15, -0.1) is 0 Å². The topological polar surface area (TPSA) is 52.6 Å². The van der Waals surface area contributed by atoms with Gasteiger partial charge in [0.1, 0.15) is 0 Å². The molecule has 2 fully saturated rings. The second-order valence-corrected chi connectivity index (χ2v) is 5.71. The van der Waals surface area contributed by atoms with Crippen LogP contribution in [0.4, 0.5) is 0 Å². The summed E-state index contributed by atoms with van der Waals surface area (Å²) in [7, 11) is 0. The van der Waals surface area contributed by atoms with Crippen LogP contribution in [-0.4, -0.2) is 42.2 Å². The van der Waals surface area contributed by atoms with Crippen LogP contribution in [0.3, 0.4) is 0 Å². The zero-order valence-corrected chi connectivity index (χ0v) is 11.0. The quantitative estimate of drug-likeness (QED) is 0.852. The number of carbonyl (C=O) groups is 1.